The predicted octanol–water partition coefficient (Wildman–Crippen LogP) is 3.01. The lowest BCUT2D eigenvalue weighted by atomic mass is 9.97. The van der Waals surface area contributed by atoms with Crippen LogP contribution >= 0.6 is 11.8 Å². The number of nitrogen functional groups attached to an aromatic ring is 1. The Kier molecular flexibility index (Phi) is 4.42. The average Bonchev–Trinajstić information content (AvgIpc) is 2.53. The summed E-state index contributed by atoms with van der Waals surface area (Å²) in [5.74, 6) is 1.25. The number of pyridine rings is 1. The van der Waals surface area contributed by atoms with Crippen molar-refractivity contribution in [3.8, 4) is 22.9 Å². The molecular formula is C17H17N3O2S. The van der Waals surface area contributed by atoms with Crippen LogP contribution in [0.3, 0.4) is 0 Å². The van der Waals surface area contributed by atoms with E-state index in [0.29, 0.717) is 29.6 Å². The third kappa shape index (κ3) is 2.98. The molecule has 1 fully saturated rings. The van der Waals surface area contributed by atoms with E-state index in [1.165, 1.54) is 11.8 Å². The lowest BCUT2D eigenvalue weighted by molar-refractivity contribution is -0.0796. The molecule has 0 saturated carbocycles. The number of nitrogens with two attached hydrogens (primary N) is 1. The molecule has 0 aliphatic carbocycles. The second kappa shape index (κ2) is 6.49. The number of hydrogen-bond acceptors (Lipinski definition) is 6. The number of rotatable bonds is 4. The van der Waals surface area contributed by atoms with Crippen molar-refractivity contribution in [2.24, 2.45) is 0 Å². The summed E-state index contributed by atoms with van der Waals surface area (Å²) in [5, 5.41) is 10.2. The largest absolute Gasteiger partial charge is 0.486 e. The number of benzene rings is 1. The molecule has 6 heteroatoms. The summed E-state index contributed by atoms with van der Waals surface area (Å²) in [7, 11) is 0. The second-order valence-corrected chi connectivity index (χ2v) is 6.09. The number of aromatic nitrogens is 1. The van der Waals surface area contributed by atoms with Crippen molar-refractivity contribution in [1.82, 2.24) is 4.98 Å². The van der Waals surface area contributed by atoms with Crippen LogP contribution in [0.15, 0.2) is 29.3 Å². The number of nitriles is 1. The van der Waals surface area contributed by atoms with E-state index in [9.17, 15) is 5.26 Å². The van der Waals surface area contributed by atoms with E-state index in [1.54, 1.807) is 0 Å². The first kappa shape index (κ1) is 15.7. The van der Waals surface area contributed by atoms with E-state index in [1.807, 2.05) is 37.4 Å². The fourth-order valence-corrected chi connectivity index (χ4v) is 3.00. The highest BCUT2D eigenvalue weighted by Crippen LogP contribution is 2.35. The molecule has 0 amide bonds. The molecule has 118 valence electrons. The molecule has 0 bridgehead atoms. The summed E-state index contributed by atoms with van der Waals surface area (Å²) in [4.78, 5) is 4.30. The van der Waals surface area contributed by atoms with Crippen LogP contribution in [-0.4, -0.2) is 30.6 Å². The van der Waals surface area contributed by atoms with Gasteiger partial charge in [-0.2, -0.15) is 5.26 Å². The maximum Gasteiger partial charge on any atom is 0.145 e. The Labute approximate surface area is 139 Å². The monoisotopic (exact) mass is 327 g/mol. The van der Waals surface area contributed by atoms with Crippen LogP contribution in [0.4, 0.5) is 5.82 Å². The van der Waals surface area contributed by atoms with Gasteiger partial charge in [0.1, 0.15) is 28.8 Å². The van der Waals surface area contributed by atoms with Crippen molar-refractivity contribution in [3.63, 3.8) is 0 Å². The molecule has 1 saturated heterocycles. The molecule has 2 aromatic rings. The van der Waals surface area contributed by atoms with Gasteiger partial charge in [-0.1, -0.05) is 12.1 Å². The molecule has 2 heterocycles. The highest BCUT2D eigenvalue weighted by Gasteiger charge is 2.20. The minimum atomic E-state index is 0.136. The first-order chi connectivity index (χ1) is 11.1. The zero-order chi connectivity index (χ0) is 16.4. The minimum Gasteiger partial charge on any atom is -0.486 e. The molecule has 5 nitrogen and oxygen atoms in total. The fourth-order valence-electron chi connectivity index (χ4n) is 2.46. The zero-order valence-electron chi connectivity index (χ0n) is 13.0. The Morgan fingerprint density at radius 3 is 2.57 bits per heavy atom. The van der Waals surface area contributed by atoms with E-state index in [0.717, 1.165) is 22.4 Å². The van der Waals surface area contributed by atoms with Gasteiger partial charge in [-0.15, -0.1) is 11.8 Å². The molecule has 2 N–H and O–H groups in total. The quantitative estimate of drug-likeness (QED) is 0.869. The molecule has 0 atom stereocenters. The van der Waals surface area contributed by atoms with Gasteiger partial charge in [0.25, 0.3) is 0 Å². The van der Waals surface area contributed by atoms with Gasteiger partial charge in [0.05, 0.1) is 18.8 Å². The molecule has 23 heavy (non-hydrogen) atoms. The summed E-state index contributed by atoms with van der Waals surface area (Å²) in [6.45, 7) is 3.16. The molecule has 0 unspecified atom stereocenters. The Hall–Kier alpha value is -2.23. The van der Waals surface area contributed by atoms with Crippen LogP contribution in [0, 0.1) is 18.3 Å². The van der Waals surface area contributed by atoms with Crippen LogP contribution in [0.1, 0.15) is 11.1 Å². The van der Waals surface area contributed by atoms with Crippen molar-refractivity contribution in [2.45, 2.75) is 18.1 Å². The number of thioether (sulfide) groups is 1. The van der Waals surface area contributed by atoms with Gasteiger partial charge in [0.15, 0.2) is 0 Å². The molecule has 1 aromatic carbocycles. The number of hydrogen-bond donors (Lipinski definition) is 1. The second-order valence-electron chi connectivity index (χ2n) is 5.29. The highest BCUT2D eigenvalue weighted by molar-refractivity contribution is 7.98. The maximum atomic E-state index is 9.54. The fraction of sp³-hybridized carbons (Fsp3) is 0.294. The maximum absolute atomic E-state index is 9.54. The molecule has 3 rings (SSSR count). The van der Waals surface area contributed by atoms with E-state index >= 15 is 0 Å². The predicted molar refractivity (Wildman–Crippen MR) is 90.6 cm³/mol. The first-order valence-electron chi connectivity index (χ1n) is 7.23. The van der Waals surface area contributed by atoms with Gasteiger partial charge in [0, 0.05) is 11.1 Å². The lowest BCUT2D eigenvalue weighted by Gasteiger charge is -2.26. The van der Waals surface area contributed by atoms with Crippen LogP contribution in [0.5, 0.6) is 5.75 Å². The number of nitrogens with zero attached hydrogens (tertiary/aromatic N) is 2. The van der Waals surface area contributed by atoms with Crippen LogP contribution < -0.4 is 10.5 Å². The number of ether oxygens (including phenoxy) is 2. The highest BCUT2D eigenvalue weighted by atomic mass is 32.2. The van der Waals surface area contributed by atoms with Crippen molar-refractivity contribution in [1.29, 1.82) is 5.26 Å². The van der Waals surface area contributed by atoms with Crippen LogP contribution in [0.25, 0.3) is 11.1 Å². The Bertz CT molecular complexity index is 765. The summed E-state index contributed by atoms with van der Waals surface area (Å²) < 4.78 is 10.9. The van der Waals surface area contributed by atoms with Gasteiger partial charge < -0.3 is 15.2 Å². The van der Waals surface area contributed by atoms with E-state index in [2.05, 4.69) is 11.1 Å². The van der Waals surface area contributed by atoms with Gasteiger partial charge in [-0.3, -0.25) is 0 Å². The van der Waals surface area contributed by atoms with Crippen molar-refractivity contribution in [2.75, 3.05) is 25.2 Å². The topological polar surface area (TPSA) is 81.2 Å². The summed E-state index contributed by atoms with van der Waals surface area (Å²) in [5.41, 5.74) is 9.15. The molecule has 1 aliphatic rings. The Morgan fingerprint density at radius 2 is 2.04 bits per heavy atom. The smallest absolute Gasteiger partial charge is 0.145 e. The summed E-state index contributed by atoms with van der Waals surface area (Å²) in [6, 6.07) is 9.96. The van der Waals surface area contributed by atoms with E-state index in [4.69, 9.17) is 15.2 Å². The number of anilines is 1. The third-order valence-electron chi connectivity index (χ3n) is 3.80. The van der Waals surface area contributed by atoms with Crippen molar-refractivity contribution < 1.29 is 9.47 Å². The zero-order valence-corrected chi connectivity index (χ0v) is 13.8. The SMILES string of the molecule is CSc1nc(N)c(C)c(-c2ccc(OC3COC3)cc2)c1C#N. The summed E-state index contributed by atoms with van der Waals surface area (Å²) >= 11 is 1.42. The third-order valence-corrected chi connectivity index (χ3v) is 4.49. The molecular weight excluding hydrogens is 310 g/mol. The molecule has 1 aromatic heterocycles. The standard InChI is InChI=1S/C17H17N3O2S/c1-10-15(14(7-18)17(23-2)20-16(10)19)11-3-5-12(6-4-11)22-13-8-21-9-13/h3-6,13H,8-9H2,1-2H3,(H2,19,20). The van der Waals surface area contributed by atoms with Gasteiger partial charge >= 0.3 is 0 Å². The van der Waals surface area contributed by atoms with Gasteiger partial charge in [0.2, 0.25) is 0 Å². The lowest BCUT2D eigenvalue weighted by Crippen LogP contribution is -2.38. The Balaban J connectivity index is 2.00. The average molecular weight is 327 g/mol. The van der Waals surface area contributed by atoms with Crippen molar-refractivity contribution >= 4 is 17.6 Å². The molecule has 1 aliphatic heterocycles. The van der Waals surface area contributed by atoms with Gasteiger partial charge in [-0.05, 0) is 30.9 Å². The Morgan fingerprint density at radius 1 is 1.35 bits per heavy atom. The van der Waals surface area contributed by atoms with Crippen LogP contribution in [0.2, 0.25) is 0 Å². The van der Waals surface area contributed by atoms with Crippen molar-refractivity contribution in [3.05, 3.63) is 35.4 Å². The first-order valence-corrected chi connectivity index (χ1v) is 8.45. The van der Waals surface area contributed by atoms with Crippen LogP contribution in [-0.2, 0) is 4.74 Å². The van der Waals surface area contributed by atoms with E-state index < -0.39 is 0 Å². The van der Waals surface area contributed by atoms with Gasteiger partial charge in [-0.25, -0.2) is 4.98 Å². The normalized spacial score (nSPS) is 14.1. The minimum absolute atomic E-state index is 0.136. The van der Waals surface area contributed by atoms with E-state index in [-0.39, 0.29) is 6.10 Å². The summed E-state index contributed by atoms with van der Waals surface area (Å²) in [6.07, 6.45) is 2.02. The molecule has 0 spiro atoms. The molecule has 0 radical (unpaired) electrons.